The van der Waals surface area contributed by atoms with Gasteiger partial charge in [0.15, 0.2) is 14.1 Å². The number of ketones is 1. The molecule has 15 heteroatoms. The van der Waals surface area contributed by atoms with Crippen LogP contribution in [0.3, 0.4) is 0 Å². The van der Waals surface area contributed by atoms with Gasteiger partial charge in [0, 0.05) is 11.8 Å². The van der Waals surface area contributed by atoms with Crippen molar-refractivity contribution in [2.75, 3.05) is 13.4 Å². The molecule has 1 heterocycles. The van der Waals surface area contributed by atoms with E-state index in [-0.39, 0.29) is 31.8 Å². The van der Waals surface area contributed by atoms with E-state index in [0.29, 0.717) is 18.4 Å². The second-order valence-corrected chi connectivity index (χ2v) is 20.4. The van der Waals surface area contributed by atoms with Crippen molar-refractivity contribution in [1.29, 1.82) is 5.26 Å². The highest BCUT2D eigenvalue weighted by Crippen LogP contribution is 2.61. The maximum atomic E-state index is 14.1. The molecule has 0 N–H and O–H groups in total. The van der Waals surface area contributed by atoms with Gasteiger partial charge in [0.05, 0.1) is 35.9 Å². The Labute approximate surface area is 293 Å². The lowest BCUT2D eigenvalue weighted by molar-refractivity contribution is -0.166. The molecule has 2 aliphatic carbocycles. The van der Waals surface area contributed by atoms with Crippen LogP contribution in [0.5, 0.6) is 0 Å². The molecule has 1 aromatic carbocycles. The lowest BCUT2D eigenvalue weighted by Gasteiger charge is -2.56. The Kier molecular flexibility index (Phi) is 11.8. The third kappa shape index (κ3) is 6.78. The molecule has 1 saturated heterocycles. The number of esters is 1. The predicted molar refractivity (Wildman–Crippen MR) is 179 cm³/mol. The van der Waals surface area contributed by atoms with Crippen molar-refractivity contribution in [3.63, 3.8) is 0 Å². The molecule has 10 nitrogen and oxygen atoms in total. The normalized spacial score (nSPS) is 30.2. The number of rotatable bonds is 12. The number of nitrogens with zero attached hydrogens (tertiary/aromatic N) is 1. The molecule has 0 radical (unpaired) electrons. The summed E-state index contributed by atoms with van der Waals surface area (Å²) in [6, 6.07) is 12.9. The van der Waals surface area contributed by atoms with Gasteiger partial charge in [0.2, 0.25) is 0 Å². The quantitative estimate of drug-likeness (QED) is 0.0920. The highest BCUT2D eigenvalue weighted by molar-refractivity contribution is 7.87. The molecule has 0 bridgehead atoms. The zero-order valence-corrected chi connectivity index (χ0v) is 31.5. The van der Waals surface area contributed by atoms with E-state index in [1.54, 1.807) is 30.3 Å². The third-order valence-corrected chi connectivity index (χ3v) is 17.2. The topological polar surface area (TPSA) is 138 Å². The van der Waals surface area contributed by atoms with Crippen molar-refractivity contribution in [3.8, 4) is 6.07 Å². The first-order chi connectivity index (χ1) is 23.3. The van der Waals surface area contributed by atoms with Crippen molar-refractivity contribution in [3.05, 3.63) is 47.2 Å². The minimum atomic E-state index is -6.06. The maximum absolute atomic E-state index is 14.1. The lowest BCUT2D eigenvalue weighted by Crippen LogP contribution is -2.66. The van der Waals surface area contributed by atoms with E-state index in [1.807, 2.05) is 20.8 Å². The summed E-state index contributed by atoms with van der Waals surface area (Å²) >= 11 is 0. The molecule has 3 aliphatic rings. The number of hydrogen-bond acceptors (Lipinski definition) is 10. The zero-order valence-electron chi connectivity index (χ0n) is 29.7. The fraction of sp³-hybridized carbons (Fsp3) is 0.686. The van der Waals surface area contributed by atoms with Crippen LogP contribution in [-0.4, -0.2) is 65.2 Å². The molecule has 2 fully saturated rings. The molecule has 4 rings (SSSR count). The van der Waals surface area contributed by atoms with Crippen molar-refractivity contribution in [2.45, 2.75) is 116 Å². The summed E-state index contributed by atoms with van der Waals surface area (Å²) in [4.78, 5) is 27.2. The van der Waals surface area contributed by atoms with E-state index < -0.39 is 81.9 Å². The Balaban J connectivity index is 1.88. The van der Waals surface area contributed by atoms with Gasteiger partial charge in [-0.05, 0) is 89.2 Å². The van der Waals surface area contributed by atoms with Gasteiger partial charge in [-0.25, -0.2) is 4.79 Å². The van der Waals surface area contributed by atoms with Crippen molar-refractivity contribution in [2.24, 2.45) is 22.7 Å². The molecular formula is C35H48F3NO9SSi. The number of nitriles is 1. The molecule has 2 unspecified atom stereocenters. The summed E-state index contributed by atoms with van der Waals surface area (Å²) in [6.45, 7) is 11.4. The molecule has 6 atom stereocenters. The number of alkyl halides is 3. The Morgan fingerprint density at radius 1 is 1.08 bits per heavy atom. The van der Waals surface area contributed by atoms with Crippen LogP contribution >= 0.6 is 0 Å². The molecule has 1 spiro atoms. The van der Waals surface area contributed by atoms with Gasteiger partial charge >= 0.3 is 21.6 Å². The number of ether oxygens (including phenoxy) is 3. The summed E-state index contributed by atoms with van der Waals surface area (Å²) < 4.78 is 95.8. The Morgan fingerprint density at radius 2 is 1.70 bits per heavy atom. The molecule has 0 amide bonds. The molecule has 1 aliphatic heterocycles. The average molecular weight is 744 g/mol. The van der Waals surface area contributed by atoms with Crippen molar-refractivity contribution < 1.29 is 54.0 Å². The highest BCUT2D eigenvalue weighted by Gasteiger charge is 2.70. The van der Waals surface area contributed by atoms with Crippen molar-refractivity contribution in [1.82, 2.24) is 0 Å². The summed E-state index contributed by atoms with van der Waals surface area (Å²) in [6.07, 6.45) is -1.07. The molecule has 50 heavy (non-hydrogen) atoms. The summed E-state index contributed by atoms with van der Waals surface area (Å²) in [5.74, 6) is -3.22. The summed E-state index contributed by atoms with van der Waals surface area (Å²) in [7, 11) is -8.49. The number of benzene rings is 1. The molecule has 1 aromatic rings. The first-order valence-electron chi connectivity index (χ1n) is 17.1. The van der Waals surface area contributed by atoms with Crippen LogP contribution in [0.25, 0.3) is 0 Å². The number of hydrogen-bond donors (Lipinski definition) is 0. The maximum Gasteiger partial charge on any atom is 0.534 e. The molecule has 0 aromatic heterocycles. The van der Waals surface area contributed by atoms with Gasteiger partial charge in [-0.3, -0.25) is 4.79 Å². The molecular weight excluding hydrogens is 696 g/mol. The van der Waals surface area contributed by atoms with Crippen molar-refractivity contribution >= 4 is 30.2 Å². The minimum absolute atomic E-state index is 0.0868. The molecule has 278 valence electrons. The number of allylic oxidation sites excluding steroid dienone is 1. The van der Waals surface area contributed by atoms with Gasteiger partial charge in [0.25, 0.3) is 0 Å². The van der Waals surface area contributed by atoms with Crippen LogP contribution in [0, 0.1) is 34.0 Å². The number of carbonyl (C=O) groups excluding carboxylic acids is 2. The minimum Gasteiger partial charge on any atom is -0.462 e. The Morgan fingerprint density at radius 3 is 2.24 bits per heavy atom. The first-order valence-corrected chi connectivity index (χ1v) is 21.1. The highest BCUT2D eigenvalue weighted by atomic mass is 32.2. The van der Waals surface area contributed by atoms with Gasteiger partial charge in [0.1, 0.15) is 23.6 Å². The van der Waals surface area contributed by atoms with Gasteiger partial charge in [-0.15, -0.1) is 0 Å². The third-order valence-electron chi connectivity index (χ3n) is 11.6. The van der Waals surface area contributed by atoms with Crippen LogP contribution in [0.4, 0.5) is 13.2 Å². The largest absolute Gasteiger partial charge is 0.534 e. The average Bonchev–Trinajstić information content (AvgIpc) is 3.51. The van der Waals surface area contributed by atoms with Crippen LogP contribution < -0.4 is 0 Å². The van der Waals surface area contributed by atoms with E-state index in [9.17, 15) is 36.4 Å². The lowest BCUT2D eigenvalue weighted by atomic mass is 9.51. The Hall–Kier alpha value is -2.77. The van der Waals surface area contributed by atoms with E-state index in [4.69, 9.17) is 22.8 Å². The van der Waals surface area contributed by atoms with Crippen LogP contribution in [0.1, 0.15) is 84.5 Å². The number of carbonyl (C=O) groups is 2. The van der Waals surface area contributed by atoms with E-state index in [1.165, 1.54) is 27.7 Å². The van der Waals surface area contributed by atoms with E-state index in [2.05, 4.69) is 6.07 Å². The molecule has 1 saturated carbocycles. The number of halogens is 3. The Bertz CT molecular complexity index is 1600. The van der Waals surface area contributed by atoms with Crippen LogP contribution in [0.15, 0.2) is 41.7 Å². The predicted octanol–water partition coefficient (Wildman–Crippen LogP) is 7.43. The van der Waals surface area contributed by atoms with Gasteiger partial charge in [-0.2, -0.15) is 26.9 Å². The fourth-order valence-electron chi connectivity index (χ4n) is 8.44. The fourth-order valence-corrected chi connectivity index (χ4v) is 12.0. The van der Waals surface area contributed by atoms with Crippen LogP contribution in [0.2, 0.25) is 18.1 Å². The summed E-state index contributed by atoms with van der Waals surface area (Å²) in [5, 5.41) is 11.2. The zero-order chi connectivity index (χ0) is 37.3. The monoisotopic (exact) mass is 743 g/mol. The number of Topliss-reactive ketones (excluding diaryl/α,β-unsaturated/α-hetero) is 1. The smallest absolute Gasteiger partial charge is 0.462 e. The van der Waals surface area contributed by atoms with E-state index >= 15 is 0 Å². The van der Waals surface area contributed by atoms with Gasteiger partial charge < -0.3 is 22.8 Å². The first kappa shape index (κ1) is 40.0. The SMILES string of the molecule is CC[Si](CC)(CC)OC1CC[C@H](COC(=O)c2ccccc2)[C@@H]([C@@H]2OCOC23CCC(C)=C(OS(=O)(=O)C(F)(F)F)C3(C)C)[C@]1(C#N)C(C)=O. The standard InChI is InChI=1S/C35H48F3NO9SSi/c1-8-50(9-2,10-3)48-27-17-16-26(20-44-31(41)25-14-12-11-13-15-25)28(33(27,21-39)24(5)40)30-34(46-22-45-30)19-18-23(4)29(32(34,6)7)47-49(42,43)35(36,37)38/h11-15,26-28,30H,8-10,16-20,22H2,1-7H3/t26-,27?,28+,30+,33-,34?/m1/s1. The second kappa shape index (κ2) is 14.7. The van der Waals surface area contributed by atoms with Gasteiger partial charge in [-0.1, -0.05) is 39.0 Å². The second-order valence-electron chi connectivity index (χ2n) is 14.2. The van der Waals surface area contributed by atoms with E-state index in [0.717, 1.165) is 18.1 Å². The van der Waals surface area contributed by atoms with Crippen LogP contribution in [-0.2, 0) is 37.7 Å². The summed E-state index contributed by atoms with van der Waals surface area (Å²) in [5.41, 5.74) is -10.1.